The predicted molar refractivity (Wildman–Crippen MR) is 77.8 cm³/mol. The summed E-state index contributed by atoms with van der Waals surface area (Å²) in [6.07, 6.45) is 2.09. The summed E-state index contributed by atoms with van der Waals surface area (Å²) in [4.78, 5) is 16.7. The summed E-state index contributed by atoms with van der Waals surface area (Å²) < 4.78 is 5.45. The topological polar surface area (TPSA) is 32.8 Å². The second kappa shape index (κ2) is 5.44. The first kappa shape index (κ1) is 13.4. The number of ether oxygens (including phenoxy) is 1. The van der Waals surface area contributed by atoms with Crippen molar-refractivity contribution in [3.63, 3.8) is 0 Å². The highest BCUT2D eigenvalue weighted by molar-refractivity contribution is 5.72. The molecular formula is C16H22N2O2. The van der Waals surface area contributed by atoms with Crippen molar-refractivity contribution >= 4 is 6.09 Å². The van der Waals surface area contributed by atoms with Gasteiger partial charge in [-0.3, -0.25) is 9.80 Å². The minimum Gasteiger partial charge on any atom is -0.410 e. The van der Waals surface area contributed by atoms with E-state index >= 15 is 0 Å². The van der Waals surface area contributed by atoms with Crippen LogP contribution in [0.2, 0.25) is 0 Å². The van der Waals surface area contributed by atoms with Crippen LogP contribution in [0, 0.1) is 0 Å². The molecule has 3 aliphatic rings. The molecule has 4 rings (SSSR count). The molecule has 0 radical (unpaired) electrons. The average molecular weight is 274 g/mol. The zero-order valence-corrected chi connectivity index (χ0v) is 12.2. The second-order valence-electron chi connectivity index (χ2n) is 5.84. The molecule has 1 aromatic rings. The summed E-state index contributed by atoms with van der Waals surface area (Å²) >= 11 is 0. The molecule has 3 aliphatic heterocycles. The summed E-state index contributed by atoms with van der Waals surface area (Å²) in [6.45, 7) is 6.44. The minimum absolute atomic E-state index is 0.193. The third-order valence-electron chi connectivity index (χ3n) is 4.59. The van der Waals surface area contributed by atoms with Gasteiger partial charge in [-0.25, -0.2) is 4.79 Å². The third kappa shape index (κ3) is 2.40. The van der Waals surface area contributed by atoms with Crippen LogP contribution in [0.5, 0.6) is 5.75 Å². The molecule has 1 aromatic carbocycles. The number of piperazine rings is 1. The molecule has 20 heavy (non-hydrogen) atoms. The van der Waals surface area contributed by atoms with E-state index in [4.69, 9.17) is 4.74 Å². The van der Waals surface area contributed by atoms with Crippen LogP contribution in [0.4, 0.5) is 4.79 Å². The Morgan fingerprint density at radius 2 is 1.95 bits per heavy atom. The highest BCUT2D eigenvalue weighted by Crippen LogP contribution is 2.34. The molecule has 0 saturated carbocycles. The van der Waals surface area contributed by atoms with Gasteiger partial charge >= 0.3 is 6.09 Å². The number of carbonyl (C=O) groups excluding carboxylic acids is 1. The Morgan fingerprint density at radius 1 is 1.30 bits per heavy atom. The molecule has 3 atom stereocenters. The smallest absolute Gasteiger partial charge is 0.410 e. The third-order valence-corrected chi connectivity index (χ3v) is 4.59. The molecule has 4 heteroatoms. The first-order valence-electron chi connectivity index (χ1n) is 7.48. The summed E-state index contributed by atoms with van der Waals surface area (Å²) in [7, 11) is 0. The van der Waals surface area contributed by atoms with Gasteiger partial charge in [0, 0.05) is 19.1 Å². The van der Waals surface area contributed by atoms with Gasteiger partial charge in [-0.05, 0) is 31.9 Å². The van der Waals surface area contributed by atoms with E-state index in [-0.39, 0.29) is 6.09 Å². The van der Waals surface area contributed by atoms with E-state index in [0.29, 0.717) is 23.9 Å². The number of fused-ring (bicyclic) bond motifs is 2. The fraction of sp³-hybridized carbons (Fsp3) is 0.562. The maximum Gasteiger partial charge on any atom is 0.415 e. The Hall–Kier alpha value is -1.55. The van der Waals surface area contributed by atoms with Gasteiger partial charge in [0.15, 0.2) is 0 Å². The van der Waals surface area contributed by atoms with Crippen LogP contribution in [0.25, 0.3) is 0 Å². The first-order valence-corrected chi connectivity index (χ1v) is 7.48. The first-order chi connectivity index (χ1) is 9.69. The van der Waals surface area contributed by atoms with Gasteiger partial charge in [0.1, 0.15) is 5.75 Å². The van der Waals surface area contributed by atoms with Crippen LogP contribution in [-0.4, -0.2) is 47.1 Å². The molecule has 0 spiro atoms. The van der Waals surface area contributed by atoms with Crippen LogP contribution in [-0.2, 0) is 0 Å². The molecule has 4 nitrogen and oxygen atoms in total. The van der Waals surface area contributed by atoms with Crippen LogP contribution in [0.15, 0.2) is 30.3 Å². The number of hydrogen-bond donors (Lipinski definition) is 0. The van der Waals surface area contributed by atoms with Crippen molar-refractivity contribution in [1.82, 2.24) is 9.80 Å². The number of hydrogen-bond acceptors (Lipinski definition) is 3. The summed E-state index contributed by atoms with van der Waals surface area (Å²) in [5.74, 6) is 0.626. The monoisotopic (exact) mass is 274 g/mol. The molecule has 0 aliphatic carbocycles. The second-order valence-corrected chi connectivity index (χ2v) is 5.84. The van der Waals surface area contributed by atoms with E-state index in [2.05, 4.69) is 18.7 Å². The van der Waals surface area contributed by atoms with Gasteiger partial charge in [-0.2, -0.15) is 0 Å². The Labute approximate surface area is 120 Å². The van der Waals surface area contributed by atoms with Crippen molar-refractivity contribution < 1.29 is 9.53 Å². The largest absolute Gasteiger partial charge is 0.415 e. The Bertz CT molecular complexity index is 465. The Morgan fingerprint density at radius 3 is 2.55 bits per heavy atom. The van der Waals surface area contributed by atoms with Crippen molar-refractivity contribution in [2.75, 3.05) is 13.1 Å². The van der Waals surface area contributed by atoms with E-state index in [1.165, 1.54) is 0 Å². The van der Waals surface area contributed by atoms with Gasteiger partial charge in [0.25, 0.3) is 0 Å². The number of amides is 1. The average Bonchev–Trinajstić information content (AvgIpc) is 2.47. The van der Waals surface area contributed by atoms with E-state index < -0.39 is 0 Å². The van der Waals surface area contributed by atoms with Crippen molar-refractivity contribution in [2.45, 2.75) is 44.8 Å². The van der Waals surface area contributed by atoms with Crippen LogP contribution in [0.1, 0.15) is 26.7 Å². The SMILES string of the molecule is CCC(C)N1CC2CC(C1)N2C(=O)Oc1ccccc1. The van der Waals surface area contributed by atoms with E-state index in [1.54, 1.807) is 0 Å². The lowest BCUT2D eigenvalue weighted by molar-refractivity contribution is -0.0602. The molecule has 3 saturated heterocycles. The van der Waals surface area contributed by atoms with E-state index in [0.717, 1.165) is 25.9 Å². The van der Waals surface area contributed by atoms with Crippen LogP contribution < -0.4 is 4.74 Å². The number of benzene rings is 1. The van der Waals surface area contributed by atoms with Crippen molar-refractivity contribution in [2.24, 2.45) is 0 Å². The van der Waals surface area contributed by atoms with Crippen molar-refractivity contribution in [3.05, 3.63) is 30.3 Å². The van der Waals surface area contributed by atoms with Crippen molar-refractivity contribution in [3.8, 4) is 5.75 Å². The fourth-order valence-electron chi connectivity index (χ4n) is 3.20. The molecule has 1 amide bonds. The maximum absolute atomic E-state index is 12.2. The lowest BCUT2D eigenvalue weighted by Gasteiger charge is -2.56. The minimum atomic E-state index is -0.193. The molecule has 3 unspecified atom stereocenters. The highest BCUT2D eigenvalue weighted by Gasteiger charge is 2.48. The van der Waals surface area contributed by atoms with Gasteiger partial charge in [0.05, 0.1) is 12.1 Å². The summed E-state index contributed by atoms with van der Waals surface area (Å²) in [5, 5.41) is 0. The van der Waals surface area contributed by atoms with Crippen LogP contribution >= 0.6 is 0 Å². The summed E-state index contributed by atoms with van der Waals surface area (Å²) in [5.41, 5.74) is 0. The molecule has 108 valence electrons. The van der Waals surface area contributed by atoms with Crippen LogP contribution in [0.3, 0.4) is 0 Å². The maximum atomic E-state index is 12.2. The van der Waals surface area contributed by atoms with E-state index in [1.807, 2.05) is 35.2 Å². The lowest BCUT2D eigenvalue weighted by Crippen LogP contribution is -2.71. The lowest BCUT2D eigenvalue weighted by atomic mass is 9.87. The number of piperidine rings is 1. The van der Waals surface area contributed by atoms with Crippen molar-refractivity contribution in [1.29, 1.82) is 0 Å². The number of carbonyl (C=O) groups is 1. The standard InChI is InChI=1S/C16H22N2O2/c1-3-12(2)17-10-13-9-14(11-17)18(13)16(19)20-15-7-5-4-6-8-15/h4-8,12-14H,3,9-11H2,1-2H3. The zero-order valence-electron chi connectivity index (χ0n) is 12.2. The number of rotatable bonds is 3. The fourth-order valence-corrected chi connectivity index (χ4v) is 3.20. The van der Waals surface area contributed by atoms with Gasteiger partial charge in [-0.1, -0.05) is 25.1 Å². The van der Waals surface area contributed by atoms with E-state index in [9.17, 15) is 4.79 Å². The molecule has 0 N–H and O–H groups in total. The highest BCUT2D eigenvalue weighted by atomic mass is 16.6. The molecular weight excluding hydrogens is 252 g/mol. The normalized spacial score (nSPS) is 26.8. The predicted octanol–water partition coefficient (Wildman–Crippen LogP) is 2.74. The van der Waals surface area contributed by atoms with Gasteiger partial charge in [0.2, 0.25) is 0 Å². The Balaban J connectivity index is 1.59. The van der Waals surface area contributed by atoms with Gasteiger partial charge in [-0.15, -0.1) is 0 Å². The molecule has 0 aromatic heterocycles. The number of para-hydroxylation sites is 1. The molecule has 3 fully saturated rings. The zero-order chi connectivity index (χ0) is 14.1. The quantitative estimate of drug-likeness (QED) is 0.849. The summed E-state index contributed by atoms with van der Waals surface area (Å²) in [6, 6.07) is 10.6. The molecule has 3 heterocycles. The Kier molecular flexibility index (Phi) is 3.66. The number of nitrogens with zero attached hydrogens (tertiary/aromatic N) is 2. The van der Waals surface area contributed by atoms with Gasteiger partial charge < -0.3 is 4.74 Å². The molecule has 2 bridgehead atoms.